The maximum atomic E-state index is 11.5. The van der Waals surface area contributed by atoms with Gasteiger partial charge in [-0.05, 0) is 26.0 Å². The molecule has 0 radical (unpaired) electrons. The number of anilines is 1. The molecule has 0 spiro atoms. The van der Waals surface area contributed by atoms with Crippen molar-refractivity contribution in [3.63, 3.8) is 0 Å². The SMILES string of the molecule is CCOc1ccccc1NC(=O)C(C)C#N. The zero-order chi connectivity index (χ0) is 12.0. The Morgan fingerprint density at radius 3 is 2.88 bits per heavy atom. The first-order chi connectivity index (χ1) is 7.69. The van der Waals surface area contributed by atoms with Crippen LogP contribution in [0.2, 0.25) is 0 Å². The minimum absolute atomic E-state index is 0.324. The zero-order valence-corrected chi connectivity index (χ0v) is 9.36. The highest BCUT2D eigenvalue weighted by atomic mass is 16.5. The third kappa shape index (κ3) is 2.99. The Bertz CT molecular complexity index is 410. The summed E-state index contributed by atoms with van der Waals surface area (Å²) in [5.41, 5.74) is 0.594. The van der Waals surface area contributed by atoms with E-state index in [1.54, 1.807) is 25.1 Å². The smallest absolute Gasteiger partial charge is 0.241 e. The van der Waals surface area contributed by atoms with Crippen LogP contribution in [0.15, 0.2) is 24.3 Å². The lowest BCUT2D eigenvalue weighted by atomic mass is 10.2. The first-order valence-corrected chi connectivity index (χ1v) is 5.11. The van der Waals surface area contributed by atoms with Crippen LogP contribution in [0.5, 0.6) is 5.75 Å². The molecule has 1 aromatic carbocycles. The van der Waals surface area contributed by atoms with E-state index in [1.165, 1.54) is 0 Å². The summed E-state index contributed by atoms with van der Waals surface area (Å²) >= 11 is 0. The fraction of sp³-hybridized carbons (Fsp3) is 0.333. The Balaban J connectivity index is 2.81. The molecule has 0 aliphatic heterocycles. The van der Waals surface area contributed by atoms with E-state index in [0.29, 0.717) is 18.0 Å². The molecule has 0 aromatic heterocycles. The molecule has 84 valence electrons. The van der Waals surface area contributed by atoms with E-state index < -0.39 is 5.92 Å². The van der Waals surface area contributed by atoms with E-state index in [4.69, 9.17) is 10.00 Å². The highest BCUT2D eigenvalue weighted by Crippen LogP contribution is 2.23. The molecule has 0 aliphatic rings. The molecule has 1 N–H and O–H groups in total. The van der Waals surface area contributed by atoms with Gasteiger partial charge in [0, 0.05) is 0 Å². The average Bonchev–Trinajstić information content (AvgIpc) is 2.31. The van der Waals surface area contributed by atoms with Gasteiger partial charge in [0.25, 0.3) is 0 Å². The van der Waals surface area contributed by atoms with Gasteiger partial charge in [-0.2, -0.15) is 5.26 Å². The number of para-hydroxylation sites is 2. The van der Waals surface area contributed by atoms with Crippen LogP contribution >= 0.6 is 0 Å². The second-order valence-electron chi connectivity index (χ2n) is 3.27. The molecule has 1 atom stereocenters. The highest BCUT2D eigenvalue weighted by Gasteiger charge is 2.13. The number of hydrogen-bond acceptors (Lipinski definition) is 3. The molecule has 4 heteroatoms. The van der Waals surface area contributed by atoms with Crippen molar-refractivity contribution >= 4 is 11.6 Å². The van der Waals surface area contributed by atoms with Gasteiger partial charge in [0.1, 0.15) is 11.7 Å². The zero-order valence-electron chi connectivity index (χ0n) is 9.36. The van der Waals surface area contributed by atoms with Crippen molar-refractivity contribution in [2.45, 2.75) is 13.8 Å². The summed E-state index contributed by atoms with van der Waals surface area (Å²) in [6.45, 7) is 3.95. The topological polar surface area (TPSA) is 62.1 Å². The summed E-state index contributed by atoms with van der Waals surface area (Å²) in [6.07, 6.45) is 0. The van der Waals surface area contributed by atoms with E-state index in [-0.39, 0.29) is 5.91 Å². The number of benzene rings is 1. The lowest BCUT2D eigenvalue weighted by Gasteiger charge is -2.11. The molecule has 0 aliphatic carbocycles. The Morgan fingerprint density at radius 2 is 2.25 bits per heavy atom. The molecule has 0 saturated heterocycles. The molecule has 0 fully saturated rings. The van der Waals surface area contributed by atoms with Crippen LogP contribution < -0.4 is 10.1 Å². The Kier molecular flexibility index (Phi) is 4.34. The van der Waals surface area contributed by atoms with Gasteiger partial charge in [-0.25, -0.2) is 0 Å². The van der Waals surface area contributed by atoms with Crippen molar-refractivity contribution < 1.29 is 9.53 Å². The van der Waals surface area contributed by atoms with Crippen LogP contribution in [0, 0.1) is 17.2 Å². The predicted molar refractivity (Wildman–Crippen MR) is 61.0 cm³/mol. The summed E-state index contributed by atoms with van der Waals surface area (Å²) in [4.78, 5) is 11.5. The summed E-state index contributed by atoms with van der Waals surface area (Å²) in [6, 6.07) is 9.03. The largest absolute Gasteiger partial charge is 0.492 e. The molecule has 0 bridgehead atoms. The Labute approximate surface area is 94.8 Å². The number of ether oxygens (including phenoxy) is 1. The third-order valence-electron chi connectivity index (χ3n) is 2.03. The molecular weight excluding hydrogens is 204 g/mol. The Morgan fingerprint density at radius 1 is 1.56 bits per heavy atom. The summed E-state index contributed by atoms with van der Waals surface area (Å²) in [5, 5.41) is 11.3. The molecule has 1 rings (SSSR count). The van der Waals surface area contributed by atoms with Gasteiger partial charge < -0.3 is 10.1 Å². The number of rotatable bonds is 4. The van der Waals surface area contributed by atoms with Gasteiger partial charge in [0.15, 0.2) is 0 Å². The maximum Gasteiger partial charge on any atom is 0.241 e. The minimum Gasteiger partial charge on any atom is -0.492 e. The fourth-order valence-corrected chi connectivity index (χ4v) is 1.15. The molecule has 0 saturated carbocycles. The predicted octanol–water partition coefficient (Wildman–Crippen LogP) is 2.18. The van der Waals surface area contributed by atoms with E-state index in [1.807, 2.05) is 19.1 Å². The molecular formula is C12H14N2O2. The number of hydrogen-bond donors (Lipinski definition) is 1. The minimum atomic E-state index is -0.672. The first kappa shape index (κ1) is 12.1. The molecule has 16 heavy (non-hydrogen) atoms. The standard InChI is InChI=1S/C12H14N2O2/c1-3-16-11-7-5-4-6-10(11)14-12(15)9(2)8-13/h4-7,9H,3H2,1-2H3,(H,14,15). The summed E-state index contributed by atoms with van der Waals surface area (Å²) < 4.78 is 5.35. The molecule has 1 aromatic rings. The maximum absolute atomic E-state index is 11.5. The van der Waals surface area contributed by atoms with Gasteiger partial charge in [-0.3, -0.25) is 4.79 Å². The van der Waals surface area contributed by atoms with Crippen molar-refractivity contribution in [2.75, 3.05) is 11.9 Å². The molecule has 4 nitrogen and oxygen atoms in total. The molecule has 1 amide bonds. The number of nitriles is 1. The van der Waals surface area contributed by atoms with Crippen molar-refractivity contribution in [2.24, 2.45) is 5.92 Å². The monoisotopic (exact) mass is 218 g/mol. The van der Waals surface area contributed by atoms with Crippen LogP contribution in [0.25, 0.3) is 0 Å². The van der Waals surface area contributed by atoms with Crippen molar-refractivity contribution in [1.82, 2.24) is 0 Å². The highest BCUT2D eigenvalue weighted by molar-refractivity contribution is 5.95. The van der Waals surface area contributed by atoms with E-state index in [9.17, 15) is 4.79 Å². The van der Waals surface area contributed by atoms with Crippen molar-refractivity contribution in [3.8, 4) is 11.8 Å². The number of amides is 1. The number of carbonyl (C=O) groups is 1. The van der Waals surface area contributed by atoms with Crippen LogP contribution in [0.1, 0.15) is 13.8 Å². The normalized spacial score (nSPS) is 11.3. The lowest BCUT2D eigenvalue weighted by Crippen LogP contribution is -2.19. The third-order valence-corrected chi connectivity index (χ3v) is 2.03. The lowest BCUT2D eigenvalue weighted by molar-refractivity contribution is -0.117. The van der Waals surface area contributed by atoms with E-state index >= 15 is 0 Å². The molecule has 1 unspecified atom stereocenters. The van der Waals surface area contributed by atoms with Gasteiger partial charge in [0.05, 0.1) is 18.4 Å². The van der Waals surface area contributed by atoms with Crippen LogP contribution in [-0.2, 0) is 4.79 Å². The summed E-state index contributed by atoms with van der Waals surface area (Å²) in [5.74, 6) is -0.382. The number of nitrogens with zero attached hydrogens (tertiary/aromatic N) is 1. The Hall–Kier alpha value is -2.02. The fourth-order valence-electron chi connectivity index (χ4n) is 1.15. The van der Waals surface area contributed by atoms with Crippen molar-refractivity contribution in [1.29, 1.82) is 5.26 Å². The average molecular weight is 218 g/mol. The van der Waals surface area contributed by atoms with E-state index in [0.717, 1.165) is 0 Å². The van der Waals surface area contributed by atoms with Gasteiger partial charge >= 0.3 is 0 Å². The summed E-state index contributed by atoms with van der Waals surface area (Å²) in [7, 11) is 0. The molecule has 0 heterocycles. The van der Waals surface area contributed by atoms with Crippen molar-refractivity contribution in [3.05, 3.63) is 24.3 Å². The van der Waals surface area contributed by atoms with Gasteiger partial charge in [-0.1, -0.05) is 12.1 Å². The van der Waals surface area contributed by atoms with Gasteiger partial charge in [0.2, 0.25) is 5.91 Å². The number of nitrogens with one attached hydrogen (secondary N) is 1. The quantitative estimate of drug-likeness (QED) is 0.842. The second-order valence-corrected chi connectivity index (χ2v) is 3.27. The number of carbonyl (C=O) groups excluding carboxylic acids is 1. The first-order valence-electron chi connectivity index (χ1n) is 5.11. The second kappa shape index (κ2) is 5.76. The van der Waals surface area contributed by atoms with Crippen LogP contribution in [-0.4, -0.2) is 12.5 Å². The van der Waals surface area contributed by atoms with Gasteiger partial charge in [-0.15, -0.1) is 0 Å². The van der Waals surface area contributed by atoms with Crippen LogP contribution in [0.3, 0.4) is 0 Å². The van der Waals surface area contributed by atoms with E-state index in [2.05, 4.69) is 5.32 Å². The van der Waals surface area contributed by atoms with Crippen LogP contribution in [0.4, 0.5) is 5.69 Å².